The number of rotatable bonds is 8. The van der Waals surface area contributed by atoms with Gasteiger partial charge in [0.15, 0.2) is 6.54 Å². The summed E-state index contributed by atoms with van der Waals surface area (Å²) in [5, 5.41) is 17.4. The lowest BCUT2D eigenvalue weighted by Crippen LogP contribution is -2.29. The molecule has 1 aromatic rings. The van der Waals surface area contributed by atoms with Crippen molar-refractivity contribution in [3.8, 4) is 0 Å². The lowest BCUT2D eigenvalue weighted by Gasteiger charge is -2.07. The first-order chi connectivity index (χ1) is 9.40. The first kappa shape index (κ1) is 16.1. The average Bonchev–Trinajstić information content (AvgIpc) is 2.69. The topological polar surface area (TPSA) is 99.3 Å². The summed E-state index contributed by atoms with van der Waals surface area (Å²) in [4.78, 5) is 21.9. The molecular weight excluding hydrogens is 264 g/mol. The van der Waals surface area contributed by atoms with Gasteiger partial charge in [-0.2, -0.15) is 0 Å². The van der Waals surface area contributed by atoms with E-state index in [1.54, 1.807) is 6.92 Å². The molecule has 0 bridgehead atoms. The number of aryl methyl sites for hydroxylation is 1. The normalized spacial score (nSPS) is 10.8. The Morgan fingerprint density at radius 2 is 2.30 bits per heavy atom. The summed E-state index contributed by atoms with van der Waals surface area (Å²) in [7, 11) is 0. The molecule has 1 amide bonds. The van der Waals surface area contributed by atoms with E-state index < -0.39 is 4.92 Å². The molecule has 20 heavy (non-hydrogen) atoms. The van der Waals surface area contributed by atoms with Gasteiger partial charge in [0.1, 0.15) is 0 Å². The highest BCUT2D eigenvalue weighted by atomic mass is 16.6. The molecule has 8 nitrogen and oxygen atoms in total. The second-order valence-corrected chi connectivity index (χ2v) is 4.68. The van der Waals surface area contributed by atoms with E-state index in [4.69, 9.17) is 4.74 Å². The number of nitro groups is 1. The zero-order valence-corrected chi connectivity index (χ0v) is 12.0. The molecule has 1 N–H and O–H groups in total. The van der Waals surface area contributed by atoms with Gasteiger partial charge >= 0.3 is 5.82 Å². The summed E-state index contributed by atoms with van der Waals surface area (Å²) in [5.41, 5.74) is 0.509. The van der Waals surface area contributed by atoms with Gasteiger partial charge in [-0.15, -0.1) is 4.68 Å². The average molecular weight is 284 g/mol. The van der Waals surface area contributed by atoms with Crippen LogP contribution in [0.4, 0.5) is 5.82 Å². The minimum atomic E-state index is -0.552. The minimum Gasteiger partial charge on any atom is -0.379 e. The highest BCUT2D eigenvalue weighted by Gasteiger charge is 2.18. The van der Waals surface area contributed by atoms with Crippen LogP contribution in [0.3, 0.4) is 0 Å². The third-order valence-corrected chi connectivity index (χ3v) is 2.46. The molecule has 8 heteroatoms. The van der Waals surface area contributed by atoms with E-state index >= 15 is 0 Å². The number of nitrogens with one attached hydrogen (secondary N) is 1. The molecule has 0 spiro atoms. The Balaban J connectivity index is 2.37. The number of nitrogens with zero attached hydrogens (tertiary/aromatic N) is 3. The molecule has 0 radical (unpaired) electrons. The molecular formula is C12H20N4O4. The lowest BCUT2D eigenvalue weighted by molar-refractivity contribution is -0.392. The molecule has 0 aliphatic rings. The molecule has 0 aromatic carbocycles. The molecule has 0 saturated heterocycles. The van der Waals surface area contributed by atoms with Crippen molar-refractivity contribution in [2.24, 2.45) is 0 Å². The van der Waals surface area contributed by atoms with Crippen molar-refractivity contribution in [1.29, 1.82) is 0 Å². The van der Waals surface area contributed by atoms with Gasteiger partial charge in [0, 0.05) is 13.2 Å². The van der Waals surface area contributed by atoms with E-state index in [1.807, 2.05) is 13.8 Å². The monoisotopic (exact) mass is 284 g/mol. The van der Waals surface area contributed by atoms with Crippen LogP contribution in [0.5, 0.6) is 0 Å². The maximum Gasteiger partial charge on any atom is 0.345 e. The van der Waals surface area contributed by atoms with Crippen molar-refractivity contribution >= 4 is 11.7 Å². The SMILES string of the molecule is Cc1cc([N+](=O)[O-])n(CC(=O)NCCCOC(C)C)n1. The fraction of sp³-hybridized carbons (Fsp3) is 0.667. The molecule has 0 unspecified atom stereocenters. The van der Waals surface area contributed by atoms with Crippen LogP contribution in [-0.4, -0.2) is 39.9 Å². The van der Waals surface area contributed by atoms with Crippen molar-refractivity contribution in [3.05, 3.63) is 21.9 Å². The van der Waals surface area contributed by atoms with Crippen LogP contribution in [-0.2, 0) is 16.1 Å². The van der Waals surface area contributed by atoms with Gasteiger partial charge in [0.05, 0.1) is 17.9 Å². The summed E-state index contributed by atoms with van der Waals surface area (Å²) in [5.74, 6) is -0.485. The minimum absolute atomic E-state index is 0.158. The van der Waals surface area contributed by atoms with E-state index in [1.165, 1.54) is 6.07 Å². The third-order valence-electron chi connectivity index (χ3n) is 2.46. The van der Waals surface area contributed by atoms with E-state index in [-0.39, 0.29) is 24.4 Å². The zero-order chi connectivity index (χ0) is 15.1. The van der Waals surface area contributed by atoms with E-state index in [0.717, 1.165) is 4.68 Å². The Bertz CT molecular complexity index is 470. The largest absolute Gasteiger partial charge is 0.379 e. The Hall–Kier alpha value is -1.96. The van der Waals surface area contributed by atoms with Crippen molar-refractivity contribution in [1.82, 2.24) is 15.1 Å². The standard InChI is InChI=1S/C12H20N4O4/c1-9(2)20-6-4-5-13-11(17)8-15-12(16(18)19)7-10(3)14-15/h7,9H,4-6,8H2,1-3H3,(H,13,17). The van der Waals surface area contributed by atoms with Crippen LogP contribution in [0.1, 0.15) is 26.0 Å². The Kier molecular flexibility index (Phi) is 6.10. The van der Waals surface area contributed by atoms with Crippen LogP contribution < -0.4 is 5.32 Å². The molecule has 0 fully saturated rings. The van der Waals surface area contributed by atoms with Crippen LogP contribution >= 0.6 is 0 Å². The van der Waals surface area contributed by atoms with Crippen LogP contribution in [0.15, 0.2) is 6.07 Å². The summed E-state index contributed by atoms with van der Waals surface area (Å²) in [6.07, 6.45) is 0.866. The van der Waals surface area contributed by atoms with Gasteiger partial charge in [-0.3, -0.25) is 4.79 Å². The van der Waals surface area contributed by atoms with Gasteiger partial charge in [0.2, 0.25) is 0 Å². The molecule has 112 valence electrons. The van der Waals surface area contributed by atoms with Crippen molar-refractivity contribution < 1.29 is 14.5 Å². The molecule has 1 aromatic heterocycles. The number of ether oxygens (including phenoxy) is 1. The number of carbonyl (C=O) groups excluding carboxylic acids is 1. The van der Waals surface area contributed by atoms with Gasteiger partial charge in [0.25, 0.3) is 5.91 Å². The van der Waals surface area contributed by atoms with Gasteiger partial charge in [-0.25, -0.2) is 0 Å². The third kappa shape index (κ3) is 5.35. The van der Waals surface area contributed by atoms with Gasteiger partial charge < -0.3 is 20.2 Å². The zero-order valence-electron chi connectivity index (χ0n) is 12.0. The fourth-order valence-corrected chi connectivity index (χ4v) is 1.61. The first-order valence-corrected chi connectivity index (χ1v) is 6.47. The predicted molar refractivity (Wildman–Crippen MR) is 72.3 cm³/mol. The summed E-state index contributed by atoms with van der Waals surface area (Å²) < 4.78 is 6.43. The molecule has 1 rings (SSSR count). The quantitative estimate of drug-likeness (QED) is 0.436. The van der Waals surface area contributed by atoms with E-state index in [0.29, 0.717) is 25.3 Å². The number of hydrogen-bond donors (Lipinski definition) is 1. The highest BCUT2D eigenvalue weighted by molar-refractivity contribution is 5.75. The number of hydrogen-bond acceptors (Lipinski definition) is 5. The van der Waals surface area contributed by atoms with Crippen LogP contribution in [0.25, 0.3) is 0 Å². The molecule has 0 aliphatic carbocycles. The molecule has 1 heterocycles. The number of carbonyl (C=O) groups is 1. The maximum absolute atomic E-state index is 11.7. The Morgan fingerprint density at radius 3 is 2.90 bits per heavy atom. The molecule has 0 atom stereocenters. The summed E-state index contributed by atoms with van der Waals surface area (Å²) in [6, 6.07) is 1.34. The smallest absolute Gasteiger partial charge is 0.345 e. The van der Waals surface area contributed by atoms with Crippen LogP contribution in [0, 0.1) is 17.0 Å². The van der Waals surface area contributed by atoms with Crippen molar-refractivity contribution in [2.45, 2.75) is 39.8 Å². The fourth-order valence-electron chi connectivity index (χ4n) is 1.61. The van der Waals surface area contributed by atoms with E-state index in [9.17, 15) is 14.9 Å². The Labute approximate surface area is 117 Å². The van der Waals surface area contributed by atoms with E-state index in [2.05, 4.69) is 10.4 Å². The van der Waals surface area contributed by atoms with Gasteiger partial charge in [-0.1, -0.05) is 5.10 Å². The Morgan fingerprint density at radius 1 is 1.60 bits per heavy atom. The summed E-state index contributed by atoms with van der Waals surface area (Å²) >= 11 is 0. The maximum atomic E-state index is 11.7. The second-order valence-electron chi connectivity index (χ2n) is 4.68. The number of amides is 1. The predicted octanol–water partition coefficient (Wildman–Crippen LogP) is 1.03. The summed E-state index contributed by atoms with van der Waals surface area (Å²) in [6.45, 7) is 6.41. The van der Waals surface area contributed by atoms with Crippen molar-refractivity contribution in [3.63, 3.8) is 0 Å². The molecule has 0 aliphatic heterocycles. The van der Waals surface area contributed by atoms with Crippen molar-refractivity contribution in [2.75, 3.05) is 13.2 Å². The lowest BCUT2D eigenvalue weighted by atomic mass is 10.4. The highest BCUT2D eigenvalue weighted by Crippen LogP contribution is 2.12. The second kappa shape index (κ2) is 7.59. The van der Waals surface area contributed by atoms with Crippen LogP contribution in [0.2, 0.25) is 0 Å². The number of aromatic nitrogens is 2. The van der Waals surface area contributed by atoms with Gasteiger partial charge in [-0.05, 0) is 32.1 Å². The molecule has 0 saturated carbocycles. The first-order valence-electron chi connectivity index (χ1n) is 6.47.